The Hall–Kier alpha value is -0.863. The number of epoxide rings is 1. The molecule has 1 heterocycles. The fourth-order valence-electron chi connectivity index (χ4n) is 3.05. The molecule has 0 amide bonds. The van der Waals surface area contributed by atoms with Crippen LogP contribution in [0.25, 0.3) is 0 Å². The molecule has 1 atom stereocenters. The van der Waals surface area contributed by atoms with E-state index in [-0.39, 0.29) is 11.0 Å². The van der Waals surface area contributed by atoms with Crippen LogP contribution in [0.5, 0.6) is 0 Å². The highest BCUT2D eigenvalue weighted by Gasteiger charge is 2.45. The molecule has 0 radical (unpaired) electrons. The van der Waals surface area contributed by atoms with Gasteiger partial charge in [0.05, 0.1) is 20.3 Å². The van der Waals surface area contributed by atoms with Crippen LogP contribution in [-0.2, 0) is 4.74 Å². The Balaban J connectivity index is 2.06. The van der Waals surface area contributed by atoms with Crippen LogP contribution >= 0.6 is 0 Å². The molecule has 2 rings (SSSR count). The molecule has 1 aliphatic heterocycles. The molecule has 1 nitrogen and oxygen atoms in total. The van der Waals surface area contributed by atoms with E-state index in [0.29, 0.717) is 0 Å². The molecule has 20 heavy (non-hydrogen) atoms. The lowest BCUT2D eigenvalue weighted by atomic mass is 9.78. The van der Waals surface area contributed by atoms with Gasteiger partial charge in [0.15, 0.2) is 0 Å². The molecule has 0 aromatic heterocycles. The minimum absolute atomic E-state index is 0.102. The van der Waals surface area contributed by atoms with Crippen molar-refractivity contribution in [1.82, 2.24) is 0 Å². The predicted octanol–water partition coefficient (Wildman–Crippen LogP) is 4.36. The lowest BCUT2D eigenvalue weighted by Crippen LogP contribution is -2.42. The van der Waals surface area contributed by atoms with E-state index in [0.717, 1.165) is 19.1 Å². The molecule has 1 aliphatic rings. The Bertz CT molecular complexity index is 483. The lowest BCUT2D eigenvalue weighted by molar-refractivity contribution is 0.242. The monoisotopic (exact) mass is 288 g/mol. The van der Waals surface area contributed by atoms with E-state index in [1.165, 1.54) is 10.8 Å². The van der Waals surface area contributed by atoms with Crippen molar-refractivity contribution in [1.29, 1.82) is 0 Å². The third kappa shape index (κ3) is 3.61. The highest BCUT2D eigenvalue weighted by molar-refractivity contribution is 6.90. The number of benzene rings is 1. The summed E-state index contributed by atoms with van der Waals surface area (Å²) in [6.45, 7) is 17.1. The first-order valence-electron chi connectivity index (χ1n) is 7.52. The van der Waals surface area contributed by atoms with Crippen molar-refractivity contribution in [2.45, 2.75) is 51.9 Å². The lowest BCUT2D eigenvalue weighted by Gasteiger charge is -2.34. The second kappa shape index (κ2) is 5.16. The highest BCUT2D eigenvalue weighted by atomic mass is 28.3. The fourth-order valence-corrected chi connectivity index (χ4v) is 5.89. The van der Waals surface area contributed by atoms with Crippen LogP contribution in [0, 0.1) is 5.41 Å². The second-order valence-electron chi connectivity index (χ2n) is 7.83. The van der Waals surface area contributed by atoms with Gasteiger partial charge in [-0.3, -0.25) is 0 Å². The highest BCUT2D eigenvalue weighted by Crippen LogP contribution is 2.44. The van der Waals surface area contributed by atoms with Crippen molar-refractivity contribution in [3.8, 4) is 0 Å². The van der Waals surface area contributed by atoms with Crippen LogP contribution in [0.15, 0.2) is 42.5 Å². The molecule has 1 fully saturated rings. The zero-order valence-electron chi connectivity index (χ0n) is 13.6. The van der Waals surface area contributed by atoms with E-state index in [1.807, 2.05) is 0 Å². The maximum Gasteiger partial charge on any atom is 0.0896 e. The first-order valence-corrected chi connectivity index (χ1v) is 10.7. The predicted molar refractivity (Wildman–Crippen MR) is 90.3 cm³/mol. The first kappa shape index (κ1) is 15.5. The molecule has 1 aromatic carbocycles. The molecule has 0 aliphatic carbocycles. The van der Waals surface area contributed by atoms with E-state index in [4.69, 9.17) is 4.74 Å². The SMILES string of the molecule is C=C(C[Si](C)(C)c1ccccc1)C(C)(C)CC1(C)CO1. The molecular weight excluding hydrogens is 260 g/mol. The van der Waals surface area contributed by atoms with Crippen molar-refractivity contribution in [2.24, 2.45) is 5.41 Å². The van der Waals surface area contributed by atoms with Gasteiger partial charge < -0.3 is 4.74 Å². The standard InChI is InChI=1S/C18H28OSi/c1-15(17(2,3)13-18(4)14-19-18)12-20(5,6)16-10-8-7-9-11-16/h7-11H,1,12-14H2,2-6H3. The van der Waals surface area contributed by atoms with Crippen molar-refractivity contribution < 1.29 is 4.74 Å². The largest absolute Gasteiger partial charge is 0.370 e. The summed E-state index contributed by atoms with van der Waals surface area (Å²) in [5.74, 6) is 0. The number of hydrogen-bond donors (Lipinski definition) is 0. The minimum Gasteiger partial charge on any atom is -0.370 e. The van der Waals surface area contributed by atoms with Crippen molar-refractivity contribution in [3.05, 3.63) is 42.5 Å². The molecule has 0 N–H and O–H groups in total. The molecule has 0 saturated carbocycles. The summed E-state index contributed by atoms with van der Waals surface area (Å²) in [4.78, 5) is 0. The quantitative estimate of drug-likeness (QED) is 0.430. The van der Waals surface area contributed by atoms with Crippen LogP contribution < -0.4 is 5.19 Å². The third-order valence-corrected chi connectivity index (χ3v) is 7.83. The molecule has 0 spiro atoms. The van der Waals surface area contributed by atoms with Gasteiger partial charge in [-0.05, 0) is 24.8 Å². The summed E-state index contributed by atoms with van der Waals surface area (Å²) in [5, 5.41) is 1.52. The van der Waals surface area contributed by atoms with Gasteiger partial charge in [0.1, 0.15) is 0 Å². The summed E-state index contributed by atoms with van der Waals surface area (Å²) >= 11 is 0. The number of allylic oxidation sites excluding steroid dienone is 1. The van der Waals surface area contributed by atoms with Gasteiger partial charge in [-0.25, -0.2) is 0 Å². The molecule has 1 saturated heterocycles. The normalized spacial score (nSPS) is 22.6. The van der Waals surface area contributed by atoms with Crippen LogP contribution in [-0.4, -0.2) is 20.3 Å². The number of hydrogen-bond acceptors (Lipinski definition) is 1. The van der Waals surface area contributed by atoms with Crippen molar-refractivity contribution in [3.63, 3.8) is 0 Å². The van der Waals surface area contributed by atoms with Crippen LogP contribution in [0.4, 0.5) is 0 Å². The molecule has 110 valence electrons. The summed E-state index contributed by atoms with van der Waals surface area (Å²) in [6, 6.07) is 12.1. The Morgan fingerprint density at radius 2 is 1.85 bits per heavy atom. The summed E-state index contributed by atoms with van der Waals surface area (Å²) in [6.07, 6.45) is 1.08. The van der Waals surface area contributed by atoms with E-state index in [2.05, 4.69) is 70.8 Å². The van der Waals surface area contributed by atoms with Crippen molar-refractivity contribution >= 4 is 13.3 Å². The summed E-state index contributed by atoms with van der Waals surface area (Å²) in [5.41, 5.74) is 1.64. The average Bonchev–Trinajstić information content (AvgIpc) is 3.06. The Kier molecular flexibility index (Phi) is 4.00. The van der Waals surface area contributed by atoms with E-state index in [1.54, 1.807) is 0 Å². The molecule has 1 unspecified atom stereocenters. The molecule has 2 heteroatoms. The van der Waals surface area contributed by atoms with E-state index < -0.39 is 8.07 Å². The smallest absolute Gasteiger partial charge is 0.0896 e. The number of ether oxygens (including phenoxy) is 1. The van der Waals surface area contributed by atoms with Gasteiger partial charge in [0.25, 0.3) is 0 Å². The first-order chi connectivity index (χ1) is 9.15. The minimum atomic E-state index is -1.45. The third-order valence-electron chi connectivity index (χ3n) is 4.62. The Morgan fingerprint density at radius 3 is 2.35 bits per heavy atom. The van der Waals surface area contributed by atoms with Crippen LogP contribution in [0.2, 0.25) is 19.1 Å². The van der Waals surface area contributed by atoms with Gasteiger partial charge >= 0.3 is 0 Å². The molecular formula is C18H28OSi. The van der Waals surface area contributed by atoms with Crippen LogP contribution in [0.1, 0.15) is 27.2 Å². The Labute approximate surface area is 125 Å². The van der Waals surface area contributed by atoms with E-state index in [9.17, 15) is 0 Å². The zero-order chi connectivity index (χ0) is 15.0. The second-order valence-corrected chi connectivity index (χ2v) is 12.5. The van der Waals surface area contributed by atoms with E-state index >= 15 is 0 Å². The summed E-state index contributed by atoms with van der Waals surface area (Å²) in [7, 11) is -1.45. The Morgan fingerprint density at radius 1 is 1.30 bits per heavy atom. The number of rotatable bonds is 6. The van der Waals surface area contributed by atoms with Gasteiger partial charge in [-0.1, -0.05) is 74.6 Å². The molecule has 1 aromatic rings. The van der Waals surface area contributed by atoms with Gasteiger partial charge in [-0.15, -0.1) is 0 Å². The summed E-state index contributed by atoms with van der Waals surface area (Å²) < 4.78 is 5.57. The van der Waals surface area contributed by atoms with Crippen LogP contribution in [0.3, 0.4) is 0 Å². The maximum absolute atomic E-state index is 5.57. The molecule has 0 bridgehead atoms. The zero-order valence-corrected chi connectivity index (χ0v) is 14.6. The fraction of sp³-hybridized carbons (Fsp3) is 0.556. The van der Waals surface area contributed by atoms with Gasteiger partial charge in [-0.2, -0.15) is 0 Å². The average molecular weight is 289 g/mol. The van der Waals surface area contributed by atoms with Crippen molar-refractivity contribution in [2.75, 3.05) is 6.61 Å². The van der Waals surface area contributed by atoms with Gasteiger partial charge in [0.2, 0.25) is 0 Å². The maximum atomic E-state index is 5.57. The topological polar surface area (TPSA) is 12.5 Å². The van der Waals surface area contributed by atoms with Gasteiger partial charge in [0, 0.05) is 0 Å².